The molecule has 186 valence electrons. The van der Waals surface area contributed by atoms with Gasteiger partial charge in [0.2, 0.25) is 17.1 Å². The Hall–Kier alpha value is -4.35. The number of benzene rings is 1. The zero-order valence-electron chi connectivity index (χ0n) is 19.4. The van der Waals surface area contributed by atoms with E-state index in [9.17, 15) is 22.8 Å². The van der Waals surface area contributed by atoms with E-state index in [-0.39, 0.29) is 29.0 Å². The number of nitrogens with zero attached hydrogens (tertiary/aromatic N) is 5. The summed E-state index contributed by atoms with van der Waals surface area (Å²) in [5.74, 6) is -0.745. The number of hydrogen-bond donors (Lipinski definition) is 1. The van der Waals surface area contributed by atoms with Crippen molar-refractivity contribution in [3.05, 3.63) is 87.9 Å². The molecule has 0 aliphatic carbocycles. The van der Waals surface area contributed by atoms with E-state index >= 15 is 0 Å². The second-order valence-electron chi connectivity index (χ2n) is 8.31. The standard InChI is InChI=1S/C24H21F3N6O3/c1-13(2)19(23-30-21(32-36-23)15-8-10-28-11-9-15)29-22(35)20-18(34)12-14(3)33(31-20)17-7-5-4-6-16(17)24(25,26)27/h4-13,19H,1-3H3,(H,29,35)/t19-/m0/s1. The maximum absolute atomic E-state index is 13.6. The van der Waals surface area contributed by atoms with Gasteiger partial charge in [-0.3, -0.25) is 14.6 Å². The molecule has 0 spiro atoms. The molecule has 9 nitrogen and oxygen atoms in total. The minimum Gasteiger partial charge on any atom is -0.338 e. The molecule has 0 aliphatic rings. The fourth-order valence-electron chi connectivity index (χ4n) is 3.55. The van der Waals surface area contributed by atoms with E-state index in [0.29, 0.717) is 5.56 Å². The van der Waals surface area contributed by atoms with Gasteiger partial charge >= 0.3 is 6.18 Å². The van der Waals surface area contributed by atoms with Crippen LogP contribution in [0.25, 0.3) is 17.1 Å². The highest BCUT2D eigenvalue weighted by atomic mass is 19.4. The fourth-order valence-corrected chi connectivity index (χ4v) is 3.55. The Morgan fingerprint density at radius 3 is 2.47 bits per heavy atom. The number of amides is 1. The van der Waals surface area contributed by atoms with Crippen LogP contribution in [0.5, 0.6) is 0 Å². The SMILES string of the molecule is Cc1cc(=O)c(C(=O)N[C@H](c2nc(-c3ccncc3)no2)C(C)C)nn1-c1ccccc1C(F)(F)F. The summed E-state index contributed by atoms with van der Waals surface area (Å²) in [4.78, 5) is 34.0. The minimum absolute atomic E-state index is 0.0972. The molecule has 4 aromatic rings. The van der Waals surface area contributed by atoms with Crippen LogP contribution < -0.4 is 10.7 Å². The number of rotatable bonds is 6. The minimum atomic E-state index is -4.66. The van der Waals surface area contributed by atoms with Gasteiger partial charge in [-0.2, -0.15) is 23.3 Å². The predicted molar refractivity (Wildman–Crippen MR) is 122 cm³/mol. The molecule has 4 rings (SSSR count). The van der Waals surface area contributed by atoms with Crippen LogP contribution in [-0.4, -0.2) is 30.8 Å². The average Bonchev–Trinajstić information content (AvgIpc) is 3.32. The lowest BCUT2D eigenvalue weighted by Crippen LogP contribution is -2.36. The Kier molecular flexibility index (Phi) is 6.69. The fraction of sp³-hybridized carbons (Fsp3) is 0.250. The molecule has 12 heteroatoms. The number of nitrogens with one attached hydrogen (secondary N) is 1. The van der Waals surface area contributed by atoms with E-state index in [1.807, 2.05) is 0 Å². The first-order valence-corrected chi connectivity index (χ1v) is 10.9. The largest absolute Gasteiger partial charge is 0.418 e. The maximum atomic E-state index is 13.6. The molecule has 0 bridgehead atoms. The molecule has 0 radical (unpaired) electrons. The van der Waals surface area contributed by atoms with Crippen LogP contribution >= 0.6 is 0 Å². The van der Waals surface area contributed by atoms with Crippen LogP contribution in [-0.2, 0) is 6.18 Å². The van der Waals surface area contributed by atoms with Gasteiger partial charge in [-0.25, -0.2) is 4.68 Å². The molecule has 1 aromatic carbocycles. The highest BCUT2D eigenvalue weighted by Crippen LogP contribution is 2.33. The van der Waals surface area contributed by atoms with Gasteiger partial charge in [0.1, 0.15) is 6.04 Å². The number of aromatic nitrogens is 5. The molecule has 1 N–H and O–H groups in total. The number of hydrogen-bond acceptors (Lipinski definition) is 7. The summed E-state index contributed by atoms with van der Waals surface area (Å²) in [5.41, 5.74) is -1.79. The summed E-state index contributed by atoms with van der Waals surface area (Å²) in [6.07, 6.45) is -1.53. The first kappa shape index (κ1) is 24.8. The topological polar surface area (TPSA) is 116 Å². The molecule has 3 aromatic heterocycles. The van der Waals surface area contributed by atoms with Crippen LogP contribution in [0.4, 0.5) is 13.2 Å². The average molecular weight is 498 g/mol. The van der Waals surface area contributed by atoms with Gasteiger partial charge in [-0.15, -0.1) is 0 Å². The molecule has 1 amide bonds. The third kappa shape index (κ3) is 5.02. The van der Waals surface area contributed by atoms with E-state index < -0.39 is 34.8 Å². The Labute approximate surface area is 203 Å². The van der Waals surface area contributed by atoms with Gasteiger partial charge in [0.15, 0.2) is 5.69 Å². The van der Waals surface area contributed by atoms with E-state index in [1.165, 1.54) is 25.1 Å². The Morgan fingerprint density at radius 2 is 1.81 bits per heavy atom. The van der Waals surface area contributed by atoms with Gasteiger partial charge in [-0.05, 0) is 37.1 Å². The van der Waals surface area contributed by atoms with Crippen LogP contribution in [0, 0.1) is 12.8 Å². The van der Waals surface area contributed by atoms with Crippen molar-refractivity contribution in [2.24, 2.45) is 5.92 Å². The molecule has 0 saturated heterocycles. The first-order chi connectivity index (χ1) is 17.1. The highest BCUT2D eigenvalue weighted by molar-refractivity contribution is 5.92. The number of para-hydroxylation sites is 1. The lowest BCUT2D eigenvalue weighted by molar-refractivity contribution is -0.137. The second kappa shape index (κ2) is 9.72. The van der Waals surface area contributed by atoms with Crippen molar-refractivity contribution in [1.29, 1.82) is 0 Å². The number of halogens is 3. The van der Waals surface area contributed by atoms with Gasteiger partial charge < -0.3 is 9.84 Å². The summed E-state index contributed by atoms with van der Waals surface area (Å²) in [5, 5.41) is 10.6. The van der Waals surface area contributed by atoms with Crippen molar-refractivity contribution in [3.63, 3.8) is 0 Å². The molecule has 3 heterocycles. The third-order valence-electron chi connectivity index (χ3n) is 5.36. The van der Waals surface area contributed by atoms with Gasteiger partial charge in [-0.1, -0.05) is 31.1 Å². The summed E-state index contributed by atoms with van der Waals surface area (Å²) < 4.78 is 47.0. The molecule has 0 fully saturated rings. The normalized spacial score (nSPS) is 12.5. The van der Waals surface area contributed by atoms with E-state index in [4.69, 9.17) is 4.52 Å². The summed E-state index contributed by atoms with van der Waals surface area (Å²) in [6.45, 7) is 5.02. The monoisotopic (exact) mass is 498 g/mol. The zero-order chi connectivity index (χ0) is 26.0. The van der Waals surface area contributed by atoms with Crippen LogP contribution in [0.3, 0.4) is 0 Å². The number of carbonyl (C=O) groups is 1. The molecule has 1 atom stereocenters. The smallest absolute Gasteiger partial charge is 0.338 e. The van der Waals surface area contributed by atoms with Gasteiger partial charge in [0, 0.05) is 29.7 Å². The molecule has 36 heavy (non-hydrogen) atoms. The van der Waals surface area contributed by atoms with E-state index in [2.05, 4.69) is 25.5 Å². The zero-order valence-corrected chi connectivity index (χ0v) is 19.4. The van der Waals surface area contributed by atoms with Crippen LogP contribution in [0.2, 0.25) is 0 Å². The maximum Gasteiger partial charge on any atom is 0.418 e. The number of pyridine rings is 1. The van der Waals surface area contributed by atoms with Gasteiger partial charge in [0.05, 0.1) is 11.3 Å². The van der Waals surface area contributed by atoms with Crippen molar-refractivity contribution in [2.75, 3.05) is 0 Å². The molecule has 0 aliphatic heterocycles. The number of carbonyl (C=O) groups excluding carboxylic acids is 1. The molecular weight excluding hydrogens is 477 g/mol. The quantitative estimate of drug-likeness (QED) is 0.425. The van der Waals surface area contributed by atoms with Gasteiger partial charge in [0.25, 0.3) is 5.91 Å². The highest BCUT2D eigenvalue weighted by Gasteiger charge is 2.34. The van der Waals surface area contributed by atoms with E-state index in [0.717, 1.165) is 16.8 Å². The number of alkyl halides is 3. The number of aryl methyl sites for hydroxylation is 1. The van der Waals surface area contributed by atoms with Crippen molar-refractivity contribution < 1.29 is 22.5 Å². The molecular formula is C24H21F3N6O3. The lowest BCUT2D eigenvalue weighted by Gasteiger charge is -2.19. The van der Waals surface area contributed by atoms with Crippen molar-refractivity contribution >= 4 is 5.91 Å². The first-order valence-electron chi connectivity index (χ1n) is 10.9. The predicted octanol–water partition coefficient (Wildman–Crippen LogP) is 4.13. The summed E-state index contributed by atoms with van der Waals surface area (Å²) in [6, 6.07) is 8.42. The van der Waals surface area contributed by atoms with Crippen LogP contribution in [0.15, 0.2) is 64.2 Å². The summed E-state index contributed by atoms with van der Waals surface area (Å²) >= 11 is 0. The Balaban J connectivity index is 1.68. The molecule has 0 saturated carbocycles. The van der Waals surface area contributed by atoms with Crippen LogP contribution in [0.1, 0.15) is 47.5 Å². The Morgan fingerprint density at radius 1 is 1.11 bits per heavy atom. The molecule has 0 unspecified atom stereocenters. The Bertz CT molecular complexity index is 1450. The second-order valence-corrected chi connectivity index (χ2v) is 8.31. The van der Waals surface area contributed by atoms with Crippen molar-refractivity contribution in [2.45, 2.75) is 33.0 Å². The lowest BCUT2D eigenvalue weighted by atomic mass is 10.0. The summed E-state index contributed by atoms with van der Waals surface area (Å²) in [7, 11) is 0. The van der Waals surface area contributed by atoms with E-state index in [1.54, 1.807) is 38.4 Å². The van der Waals surface area contributed by atoms with Crippen molar-refractivity contribution in [1.82, 2.24) is 30.2 Å². The third-order valence-corrected chi connectivity index (χ3v) is 5.36. The van der Waals surface area contributed by atoms with Crippen molar-refractivity contribution in [3.8, 4) is 17.1 Å².